The zero-order valence-corrected chi connectivity index (χ0v) is 21.1. The quantitative estimate of drug-likeness (QED) is 0.443. The van der Waals surface area contributed by atoms with E-state index in [0.717, 1.165) is 24.8 Å². The Bertz CT molecular complexity index is 1300. The van der Waals surface area contributed by atoms with Crippen LogP contribution in [-0.2, 0) is 4.74 Å². The summed E-state index contributed by atoms with van der Waals surface area (Å²) in [6.07, 6.45) is 3.08. The Morgan fingerprint density at radius 1 is 1.11 bits per heavy atom. The van der Waals surface area contributed by atoms with Crippen molar-refractivity contribution in [1.29, 1.82) is 0 Å². The van der Waals surface area contributed by atoms with Crippen LogP contribution >= 0.6 is 0 Å². The molecule has 3 aromatic rings. The molecule has 37 heavy (non-hydrogen) atoms. The van der Waals surface area contributed by atoms with Crippen LogP contribution in [0.25, 0.3) is 0 Å². The Morgan fingerprint density at radius 3 is 2.57 bits per heavy atom. The van der Waals surface area contributed by atoms with Crippen LogP contribution in [0.2, 0.25) is 0 Å². The lowest BCUT2D eigenvalue weighted by Gasteiger charge is -2.39. The Morgan fingerprint density at radius 2 is 1.89 bits per heavy atom. The summed E-state index contributed by atoms with van der Waals surface area (Å²) in [7, 11) is 2.80. The number of hydrogen-bond donors (Lipinski definition) is 3. The van der Waals surface area contributed by atoms with E-state index in [2.05, 4.69) is 44.7 Å². The minimum Gasteiger partial charge on any atom is -0.496 e. The number of nitrogens with zero attached hydrogens (tertiary/aromatic N) is 3. The molecule has 0 bridgehead atoms. The van der Waals surface area contributed by atoms with Gasteiger partial charge in [-0.15, -0.1) is 0 Å². The minimum absolute atomic E-state index is 0.0688. The number of hydrogen-bond acceptors (Lipinski definition) is 8. The molecule has 0 unspecified atom stereocenters. The first-order valence-electron chi connectivity index (χ1n) is 11.7. The predicted molar refractivity (Wildman–Crippen MR) is 138 cm³/mol. The van der Waals surface area contributed by atoms with Crippen LogP contribution in [0.5, 0.6) is 5.75 Å². The van der Waals surface area contributed by atoms with Gasteiger partial charge in [0.25, 0.3) is 11.8 Å². The number of anilines is 4. The summed E-state index contributed by atoms with van der Waals surface area (Å²) in [4.78, 5) is 36.3. The summed E-state index contributed by atoms with van der Waals surface area (Å²) in [6.45, 7) is 6.27. The van der Waals surface area contributed by atoms with Gasteiger partial charge in [0.05, 0.1) is 42.5 Å². The minimum atomic E-state index is -0.770. The molecule has 1 aliphatic heterocycles. The molecule has 0 saturated carbocycles. The van der Waals surface area contributed by atoms with E-state index < -0.39 is 17.6 Å². The summed E-state index contributed by atoms with van der Waals surface area (Å²) in [5.74, 6) is -1.07. The van der Waals surface area contributed by atoms with Crippen molar-refractivity contribution >= 4 is 34.8 Å². The van der Waals surface area contributed by atoms with E-state index in [1.807, 2.05) is 12.1 Å². The highest BCUT2D eigenvalue weighted by Gasteiger charge is 2.27. The van der Waals surface area contributed by atoms with E-state index in [4.69, 9.17) is 9.47 Å². The zero-order valence-electron chi connectivity index (χ0n) is 21.1. The van der Waals surface area contributed by atoms with Crippen LogP contribution in [-0.4, -0.2) is 61.2 Å². The van der Waals surface area contributed by atoms with Gasteiger partial charge in [0, 0.05) is 32.4 Å². The van der Waals surface area contributed by atoms with Crippen molar-refractivity contribution in [3.05, 3.63) is 65.7 Å². The van der Waals surface area contributed by atoms with Crippen molar-refractivity contribution in [2.24, 2.45) is 0 Å². The summed E-state index contributed by atoms with van der Waals surface area (Å²) >= 11 is 0. The molecule has 1 saturated heterocycles. The fourth-order valence-corrected chi connectivity index (χ4v) is 4.04. The van der Waals surface area contributed by atoms with E-state index in [-0.39, 0.29) is 28.2 Å². The third kappa shape index (κ3) is 5.95. The normalized spacial score (nSPS) is 14.6. The van der Waals surface area contributed by atoms with E-state index >= 15 is 0 Å². The third-order valence-electron chi connectivity index (χ3n) is 5.84. The summed E-state index contributed by atoms with van der Waals surface area (Å²) in [5, 5.41) is 8.19. The molecule has 194 valence electrons. The number of nitrogens with one attached hydrogen (secondary N) is 3. The fourth-order valence-electron chi connectivity index (χ4n) is 4.04. The molecule has 3 heterocycles. The van der Waals surface area contributed by atoms with Crippen LogP contribution in [0.3, 0.4) is 0 Å². The van der Waals surface area contributed by atoms with Crippen molar-refractivity contribution in [3.8, 4) is 5.75 Å². The highest BCUT2D eigenvalue weighted by atomic mass is 19.1. The van der Waals surface area contributed by atoms with E-state index in [0.29, 0.717) is 18.2 Å². The first-order valence-corrected chi connectivity index (χ1v) is 11.7. The van der Waals surface area contributed by atoms with Crippen molar-refractivity contribution in [1.82, 2.24) is 15.3 Å². The van der Waals surface area contributed by atoms with Gasteiger partial charge in [-0.05, 0) is 38.1 Å². The van der Waals surface area contributed by atoms with Crippen molar-refractivity contribution in [3.63, 3.8) is 0 Å². The first kappa shape index (κ1) is 25.8. The molecule has 0 spiro atoms. The monoisotopic (exact) mass is 508 g/mol. The largest absolute Gasteiger partial charge is 0.496 e. The highest BCUT2D eigenvalue weighted by Crippen LogP contribution is 2.27. The molecule has 2 amide bonds. The lowest BCUT2D eigenvalue weighted by molar-refractivity contribution is -0.0277. The number of pyridine rings is 2. The van der Waals surface area contributed by atoms with E-state index in [1.165, 1.54) is 38.6 Å². The smallest absolute Gasteiger partial charge is 0.262 e. The molecule has 11 heteroatoms. The number of methoxy groups -OCH3 is 1. The molecule has 1 fully saturated rings. The van der Waals surface area contributed by atoms with Crippen LogP contribution in [0, 0.1) is 5.82 Å². The number of carbonyl (C=O) groups excluding carboxylic acids is 2. The van der Waals surface area contributed by atoms with Gasteiger partial charge >= 0.3 is 0 Å². The summed E-state index contributed by atoms with van der Waals surface area (Å²) in [5.41, 5.74) is 0.702. The van der Waals surface area contributed by atoms with Gasteiger partial charge in [0.2, 0.25) is 0 Å². The maximum Gasteiger partial charge on any atom is 0.262 e. The van der Waals surface area contributed by atoms with Gasteiger partial charge in [-0.1, -0.05) is 6.07 Å². The van der Waals surface area contributed by atoms with Crippen LogP contribution in [0.1, 0.15) is 34.6 Å². The molecule has 0 aliphatic carbocycles. The number of benzene rings is 1. The molecule has 2 aromatic heterocycles. The van der Waals surface area contributed by atoms with E-state index in [1.54, 1.807) is 6.20 Å². The predicted octanol–water partition coefficient (Wildman–Crippen LogP) is 3.60. The maximum atomic E-state index is 14.4. The second-order valence-corrected chi connectivity index (χ2v) is 9.02. The Labute approximate surface area is 214 Å². The lowest BCUT2D eigenvalue weighted by Crippen LogP contribution is -2.48. The lowest BCUT2D eigenvalue weighted by atomic mass is 10.1. The Kier molecular flexibility index (Phi) is 7.53. The molecule has 4 rings (SSSR count). The average molecular weight is 509 g/mol. The maximum absolute atomic E-state index is 14.4. The van der Waals surface area contributed by atoms with E-state index in [9.17, 15) is 14.0 Å². The number of carbonyl (C=O) groups is 2. The van der Waals surface area contributed by atoms with Gasteiger partial charge < -0.3 is 30.3 Å². The fraction of sp³-hybridized carbons (Fsp3) is 0.308. The van der Waals surface area contributed by atoms with Gasteiger partial charge in [0.1, 0.15) is 28.8 Å². The average Bonchev–Trinajstić information content (AvgIpc) is 2.88. The molecule has 0 radical (unpaired) electrons. The topological polar surface area (TPSA) is 118 Å². The number of aromatic nitrogens is 2. The molecule has 0 atom stereocenters. The third-order valence-corrected chi connectivity index (χ3v) is 5.84. The van der Waals surface area contributed by atoms with Crippen LogP contribution in [0.15, 0.2) is 48.8 Å². The Balaban J connectivity index is 1.56. The van der Waals surface area contributed by atoms with Gasteiger partial charge in [-0.25, -0.2) is 14.4 Å². The standard InChI is InChI=1S/C26H29FN6O4/c1-26(2)15-33(10-11-37-26)16-8-9-21(29-13-16)32-22-12-19(17(14-30-22)24(34)28-3)31-25(35)23-18(27)6-5-7-20(23)36-4/h5-9,12-14H,10-11,15H2,1-4H3,(H,28,34)(H2,29,30,31,32,35). The summed E-state index contributed by atoms with van der Waals surface area (Å²) in [6, 6.07) is 9.31. The SMILES string of the molecule is CNC(=O)c1cnc(Nc2ccc(N3CCOC(C)(C)C3)cn2)cc1NC(=O)c1c(F)cccc1OC. The van der Waals surface area contributed by atoms with Crippen LogP contribution in [0.4, 0.5) is 27.4 Å². The second kappa shape index (κ2) is 10.8. The molecule has 3 N–H and O–H groups in total. The zero-order chi connectivity index (χ0) is 26.6. The van der Waals surface area contributed by atoms with Gasteiger partial charge in [-0.2, -0.15) is 0 Å². The molecular weight excluding hydrogens is 479 g/mol. The number of halogens is 1. The molecule has 10 nitrogen and oxygen atoms in total. The second-order valence-electron chi connectivity index (χ2n) is 9.02. The van der Waals surface area contributed by atoms with Crippen LogP contribution < -0.4 is 25.6 Å². The van der Waals surface area contributed by atoms with Crippen molar-refractivity contribution < 1.29 is 23.5 Å². The number of ether oxygens (including phenoxy) is 2. The number of amides is 2. The molecular formula is C26H29FN6O4. The number of rotatable bonds is 7. The van der Waals surface area contributed by atoms with Crippen molar-refractivity contribution in [2.45, 2.75) is 19.4 Å². The van der Waals surface area contributed by atoms with Gasteiger partial charge in [0.15, 0.2) is 0 Å². The molecule has 1 aromatic carbocycles. The van der Waals surface area contributed by atoms with Crippen molar-refractivity contribution in [2.75, 3.05) is 49.4 Å². The Hall–Kier alpha value is -4.25. The molecule has 1 aliphatic rings. The van der Waals surface area contributed by atoms with Gasteiger partial charge in [-0.3, -0.25) is 9.59 Å². The highest BCUT2D eigenvalue weighted by molar-refractivity contribution is 6.10. The first-order chi connectivity index (χ1) is 17.7. The summed E-state index contributed by atoms with van der Waals surface area (Å²) < 4.78 is 25.3. The number of morpholine rings is 1.